The fourth-order valence-electron chi connectivity index (χ4n) is 3.53. The van der Waals surface area contributed by atoms with Crippen molar-refractivity contribution in [1.29, 1.82) is 0 Å². The summed E-state index contributed by atoms with van der Waals surface area (Å²) in [5.41, 5.74) is 6.29. The molecule has 0 saturated heterocycles. The Morgan fingerprint density at radius 3 is 2.63 bits per heavy atom. The maximum Gasteiger partial charge on any atom is 0.0931 e. The molecular weight excluding hydrogens is 358 g/mol. The molecule has 0 bridgehead atoms. The average molecular weight is 390 g/mol. The summed E-state index contributed by atoms with van der Waals surface area (Å²) in [6.07, 6.45) is 4.95. The van der Waals surface area contributed by atoms with Crippen LogP contribution < -0.4 is 5.32 Å². The number of hydrogen-bond donors (Lipinski definition) is 2. The zero-order chi connectivity index (χ0) is 20.0. The van der Waals surface area contributed by atoms with Crippen LogP contribution in [0, 0.1) is 13.8 Å². The predicted molar refractivity (Wildman–Crippen MR) is 113 cm³/mol. The molecule has 2 N–H and O–H groups in total. The quantitative estimate of drug-likeness (QED) is 0.567. The van der Waals surface area contributed by atoms with E-state index in [0.717, 1.165) is 41.9 Å². The van der Waals surface area contributed by atoms with E-state index >= 15 is 0 Å². The molecule has 0 aromatic carbocycles. The maximum atomic E-state index is 9.20. The second-order valence-corrected chi connectivity index (χ2v) is 7.65. The summed E-state index contributed by atoms with van der Waals surface area (Å²) in [6, 6.07) is 4.21. The van der Waals surface area contributed by atoms with Gasteiger partial charge in [0.1, 0.15) is 0 Å². The number of aliphatic hydroxyl groups excluding tert-OH is 1. The van der Waals surface area contributed by atoms with Gasteiger partial charge in [-0.05, 0) is 55.9 Å². The fraction of sp³-hybridized carbons (Fsp3) is 0.545. The number of aliphatic hydroxyl groups is 1. The van der Waals surface area contributed by atoms with Crippen molar-refractivity contribution in [2.75, 3.05) is 13.3 Å². The molecule has 0 radical (unpaired) electrons. The van der Waals surface area contributed by atoms with Gasteiger partial charge >= 0.3 is 0 Å². The summed E-state index contributed by atoms with van der Waals surface area (Å²) >= 11 is 6.59. The molecule has 2 unspecified atom stereocenters. The molecule has 0 amide bonds. The second-order valence-electron chi connectivity index (χ2n) is 7.27. The van der Waals surface area contributed by atoms with E-state index in [1.807, 2.05) is 13.0 Å². The molecule has 0 aliphatic rings. The van der Waals surface area contributed by atoms with Crippen molar-refractivity contribution in [1.82, 2.24) is 15.3 Å². The molecule has 2 heterocycles. The van der Waals surface area contributed by atoms with Gasteiger partial charge in [0.15, 0.2) is 0 Å². The molecule has 0 aliphatic heterocycles. The third-order valence-electron chi connectivity index (χ3n) is 5.35. The average Bonchev–Trinajstić information content (AvgIpc) is 2.67. The molecule has 2 atom stereocenters. The Balaban J connectivity index is 2.66. The highest BCUT2D eigenvalue weighted by Crippen LogP contribution is 2.36. The van der Waals surface area contributed by atoms with Crippen LogP contribution in [0.4, 0.5) is 0 Å². The summed E-state index contributed by atoms with van der Waals surface area (Å²) in [6.45, 7) is 11.4. The van der Waals surface area contributed by atoms with E-state index < -0.39 is 0 Å². The number of pyridine rings is 2. The van der Waals surface area contributed by atoms with Gasteiger partial charge in [-0.1, -0.05) is 38.8 Å². The van der Waals surface area contributed by atoms with Crippen LogP contribution in [0.5, 0.6) is 0 Å². The summed E-state index contributed by atoms with van der Waals surface area (Å²) < 4.78 is 0. The molecule has 0 fully saturated rings. The molecule has 0 aliphatic carbocycles. The van der Waals surface area contributed by atoms with Gasteiger partial charge in [0, 0.05) is 29.9 Å². The highest BCUT2D eigenvalue weighted by Gasteiger charge is 2.21. The van der Waals surface area contributed by atoms with Gasteiger partial charge in [-0.3, -0.25) is 15.3 Å². The number of aryl methyl sites for hydroxylation is 1. The maximum absolute atomic E-state index is 9.20. The smallest absolute Gasteiger partial charge is 0.0931 e. The van der Waals surface area contributed by atoms with Crippen LogP contribution >= 0.6 is 11.6 Å². The third kappa shape index (κ3) is 5.07. The minimum absolute atomic E-state index is 0.0213. The van der Waals surface area contributed by atoms with E-state index in [2.05, 4.69) is 44.1 Å². The summed E-state index contributed by atoms with van der Waals surface area (Å²) in [5.74, 6) is 0.700. The highest BCUT2D eigenvalue weighted by molar-refractivity contribution is 6.33. The number of aromatic nitrogens is 2. The number of hydrogen-bond acceptors (Lipinski definition) is 4. The third-order valence-corrected chi connectivity index (χ3v) is 5.83. The van der Waals surface area contributed by atoms with Crippen LogP contribution in [0.2, 0.25) is 5.02 Å². The molecule has 5 heteroatoms. The summed E-state index contributed by atoms with van der Waals surface area (Å²) in [5, 5.41) is 12.9. The fourth-order valence-corrected chi connectivity index (χ4v) is 3.73. The van der Waals surface area contributed by atoms with Gasteiger partial charge in [0.25, 0.3) is 0 Å². The predicted octanol–water partition coefficient (Wildman–Crippen LogP) is 5.35. The molecular formula is C22H32ClN3O. The first-order valence-corrected chi connectivity index (χ1v) is 10.3. The lowest BCUT2D eigenvalue weighted by molar-refractivity contribution is 0.255. The van der Waals surface area contributed by atoms with Crippen LogP contribution in [-0.4, -0.2) is 28.4 Å². The largest absolute Gasteiger partial charge is 0.381 e. The SMILES string of the molecule is CCCC(CNCO)c1cc(C(C)CC)c(C)c(-c2ccnc(C)c2Cl)n1. The minimum atomic E-state index is -0.0213. The Hall–Kier alpha value is -1.49. The zero-order valence-electron chi connectivity index (χ0n) is 17.1. The highest BCUT2D eigenvalue weighted by atomic mass is 35.5. The van der Waals surface area contributed by atoms with Gasteiger partial charge in [-0.25, -0.2) is 0 Å². The topological polar surface area (TPSA) is 58.0 Å². The van der Waals surface area contributed by atoms with E-state index in [0.29, 0.717) is 17.5 Å². The van der Waals surface area contributed by atoms with Gasteiger partial charge in [-0.15, -0.1) is 0 Å². The Labute approximate surface area is 168 Å². The van der Waals surface area contributed by atoms with E-state index in [-0.39, 0.29) is 12.6 Å². The summed E-state index contributed by atoms with van der Waals surface area (Å²) in [4.78, 5) is 9.36. The standard InChI is InChI=1S/C22H32ClN3O/c1-6-8-17(12-24-13-27)20-11-19(14(3)7-2)15(4)22(26-20)18-9-10-25-16(5)21(18)23/h9-11,14,17,24,27H,6-8,12-13H2,1-5H3. The monoisotopic (exact) mass is 389 g/mol. The number of halogens is 1. The van der Waals surface area contributed by atoms with Crippen molar-refractivity contribution in [2.45, 2.75) is 65.7 Å². The molecule has 4 nitrogen and oxygen atoms in total. The molecule has 148 valence electrons. The van der Waals surface area contributed by atoms with Crippen LogP contribution in [-0.2, 0) is 0 Å². The minimum Gasteiger partial charge on any atom is -0.381 e. The van der Waals surface area contributed by atoms with Gasteiger partial charge in [-0.2, -0.15) is 0 Å². The van der Waals surface area contributed by atoms with Crippen LogP contribution in [0.1, 0.15) is 74.4 Å². The van der Waals surface area contributed by atoms with E-state index in [1.165, 1.54) is 11.1 Å². The second kappa shape index (κ2) is 10.2. The van der Waals surface area contributed by atoms with Crippen LogP contribution in [0.3, 0.4) is 0 Å². The Morgan fingerprint density at radius 2 is 2.00 bits per heavy atom. The van der Waals surface area contributed by atoms with Gasteiger partial charge in [0.05, 0.1) is 23.1 Å². The van der Waals surface area contributed by atoms with Gasteiger partial charge < -0.3 is 5.11 Å². The number of nitrogens with one attached hydrogen (secondary N) is 1. The Morgan fingerprint density at radius 1 is 1.26 bits per heavy atom. The van der Waals surface area contributed by atoms with Crippen molar-refractivity contribution in [3.8, 4) is 11.3 Å². The van der Waals surface area contributed by atoms with Crippen molar-refractivity contribution in [3.63, 3.8) is 0 Å². The van der Waals surface area contributed by atoms with Crippen molar-refractivity contribution < 1.29 is 5.11 Å². The molecule has 0 spiro atoms. The summed E-state index contributed by atoms with van der Waals surface area (Å²) in [7, 11) is 0. The molecule has 2 aromatic rings. The first-order chi connectivity index (χ1) is 12.9. The van der Waals surface area contributed by atoms with E-state index in [4.69, 9.17) is 16.6 Å². The van der Waals surface area contributed by atoms with Crippen LogP contribution in [0.15, 0.2) is 18.3 Å². The lowest BCUT2D eigenvalue weighted by Gasteiger charge is -2.23. The zero-order valence-corrected chi connectivity index (χ0v) is 17.9. The lowest BCUT2D eigenvalue weighted by Crippen LogP contribution is -2.23. The number of nitrogens with zero attached hydrogens (tertiary/aromatic N) is 2. The molecule has 0 saturated carbocycles. The lowest BCUT2D eigenvalue weighted by atomic mass is 9.88. The number of rotatable bonds is 9. The van der Waals surface area contributed by atoms with E-state index in [9.17, 15) is 5.11 Å². The van der Waals surface area contributed by atoms with Crippen LogP contribution in [0.25, 0.3) is 11.3 Å². The van der Waals surface area contributed by atoms with E-state index in [1.54, 1.807) is 6.20 Å². The molecule has 27 heavy (non-hydrogen) atoms. The van der Waals surface area contributed by atoms with Crippen molar-refractivity contribution in [3.05, 3.63) is 45.9 Å². The first-order valence-electron chi connectivity index (χ1n) is 9.88. The van der Waals surface area contributed by atoms with Gasteiger partial charge in [0.2, 0.25) is 0 Å². The van der Waals surface area contributed by atoms with Crippen molar-refractivity contribution >= 4 is 11.6 Å². The Kier molecular flexibility index (Phi) is 8.21. The molecule has 2 rings (SSSR count). The normalized spacial score (nSPS) is 13.6. The first kappa shape index (κ1) is 21.8. The van der Waals surface area contributed by atoms with Crippen molar-refractivity contribution in [2.24, 2.45) is 0 Å². The Bertz CT molecular complexity index is 763. The molecule has 2 aromatic heterocycles.